The second-order valence-corrected chi connectivity index (χ2v) is 5.43. The van der Waals surface area contributed by atoms with E-state index in [1.54, 1.807) is 0 Å². The number of hydrogen-bond donors (Lipinski definition) is 1. The third-order valence-electron chi connectivity index (χ3n) is 4.04. The molecule has 2 amide bonds. The van der Waals surface area contributed by atoms with Gasteiger partial charge in [0.05, 0.1) is 12.5 Å². The van der Waals surface area contributed by atoms with Gasteiger partial charge in [0.25, 0.3) is 0 Å². The molecule has 1 atom stereocenters. The smallest absolute Gasteiger partial charge is 0.244 e. The van der Waals surface area contributed by atoms with Crippen LogP contribution < -0.4 is 5.32 Å². The summed E-state index contributed by atoms with van der Waals surface area (Å²) in [6, 6.07) is 10.2. The van der Waals surface area contributed by atoms with E-state index in [1.165, 1.54) is 5.56 Å². The molecule has 5 heteroatoms. The molecule has 0 bridgehead atoms. The van der Waals surface area contributed by atoms with Gasteiger partial charge in [0.2, 0.25) is 11.8 Å². The monoisotopic (exact) mass is 273 g/mol. The molecule has 2 aliphatic rings. The summed E-state index contributed by atoms with van der Waals surface area (Å²) < 4.78 is 0. The van der Waals surface area contributed by atoms with Gasteiger partial charge in [0, 0.05) is 32.7 Å². The van der Waals surface area contributed by atoms with E-state index < -0.39 is 0 Å². The molecule has 0 unspecified atom stereocenters. The summed E-state index contributed by atoms with van der Waals surface area (Å²) in [6.45, 7) is 4.51. The van der Waals surface area contributed by atoms with E-state index in [2.05, 4.69) is 39.4 Å². The van der Waals surface area contributed by atoms with Crippen molar-refractivity contribution in [3.8, 4) is 0 Å². The van der Waals surface area contributed by atoms with Gasteiger partial charge < -0.3 is 0 Å². The van der Waals surface area contributed by atoms with Gasteiger partial charge in [-0.15, -0.1) is 0 Å². The third-order valence-corrected chi connectivity index (χ3v) is 4.04. The zero-order valence-corrected chi connectivity index (χ0v) is 11.4. The fourth-order valence-electron chi connectivity index (χ4n) is 2.91. The Morgan fingerprint density at radius 2 is 1.75 bits per heavy atom. The number of piperazine rings is 1. The predicted octanol–water partition coefficient (Wildman–Crippen LogP) is 0.219. The summed E-state index contributed by atoms with van der Waals surface area (Å²) in [6.07, 6.45) is 0.317. The van der Waals surface area contributed by atoms with Crippen molar-refractivity contribution in [3.63, 3.8) is 0 Å². The van der Waals surface area contributed by atoms with Gasteiger partial charge in [-0.1, -0.05) is 30.3 Å². The molecular weight excluding hydrogens is 254 g/mol. The first-order valence-electron chi connectivity index (χ1n) is 7.06. The lowest BCUT2D eigenvalue weighted by molar-refractivity contribution is -0.126. The van der Waals surface area contributed by atoms with Crippen molar-refractivity contribution in [2.24, 2.45) is 0 Å². The van der Waals surface area contributed by atoms with Crippen LogP contribution in [-0.2, 0) is 16.1 Å². The zero-order valence-electron chi connectivity index (χ0n) is 11.4. The number of hydrogen-bond acceptors (Lipinski definition) is 4. The van der Waals surface area contributed by atoms with Gasteiger partial charge in [0.15, 0.2) is 0 Å². The first kappa shape index (κ1) is 13.3. The van der Waals surface area contributed by atoms with Gasteiger partial charge in [0.1, 0.15) is 0 Å². The van der Waals surface area contributed by atoms with Crippen LogP contribution in [0.25, 0.3) is 0 Å². The first-order chi connectivity index (χ1) is 9.72. The highest BCUT2D eigenvalue weighted by Crippen LogP contribution is 2.15. The van der Waals surface area contributed by atoms with Crippen LogP contribution in [0.1, 0.15) is 12.0 Å². The molecular formula is C15H19N3O2. The molecule has 1 aromatic rings. The molecule has 3 rings (SSSR count). The maximum atomic E-state index is 11.7. The number of imide groups is 1. The first-order valence-corrected chi connectivity index (χ1v) is 7.06. The van der Waals surface area contributed by atoms with Crippen molar-refractivity contribution in [1.82, 2.24) is 15.1 Å². The van der Waals surface area contributed by atoms with Crippen molar-refractivity contribution in [2.45, 2.75) is 19.0 Å². The normalized spacial score (nSPS) is 24.9. The van der Waals surface area contributed by atoms with Crippen molar-refractivity contribution in [1.29, 1.82) is 0 Å². The number of carbonyl (C=O) groups is 2. The molecule has 2 saturated heterocycles. The lowest BCUT2D eigenvalue weighted by Crippen LogP contribution is -2.51. The highest BCUT2D eigenvalue weighted by atomic mass is 16.2. The minimum Gasteiger partial charge on any atom is -0.297 e. The average Bonchev–Trinajstić information content (AvgIpc) is 2.80. The largest absolute Gasteiger partial charge is 0.297 e. The Morgan fingerprint density at radius 1 is 1.05 bits per heavy atom. The Labute approximate surface area is 118 Å². The Morgan fingerprint density at radius 3 is 2.35 bits per heavy atom. The van der Waals surface area contributed by atoms with E-state index in [9.17, 15) is 9.59 Å². The minimum absolute atomic E-state index is 0.133. The molecule has 2 heterocycles. The maximum Gasteiger partial charge on any atom is 0.244 e. The summed E-state index contributed by atoms with van der Waals surface area (Å²) >= 11 is 0. The Kier molecular flexibility index (Phi) is 3.80. The van der Waals surface area contributed by atoms with E-state index in [0.717, 1.165) is 32.7 Å². The minimum atomic E-state index is -0.249. The van der Waals surface area contributed by atoms with Crippen LogP contribution >= 0.6 is 0 Å². The average molecular weight is 273 g/mol. The molecule has 2 aliphatic heterocycles. The summed E-state index contributed by atoms with van der Waals surface area (Å²) in [4.78, 5) is 27.4. The van der Waals surface area contributed by atoms with Crippen molar-refractivity contribution >= 4 is 11.8 Å². The van der Waals surface area contributed by atoms with Crippen molar-refractivity contribution in [2.75, 3.05) is 26.2 Å². The van der Waals surface area contributed by atoms with E-state index in [4.69, 9.17) is 0 Å². The second kappa shape index (κ2) is 5.73. The quantitative estimate of drug-likeness (QED) is 0.801. The summed E-state index contributed by atoms with van der Waals surface area (Å²) in [5.41, 5.74) is 1.31. The Balaban J connectivity index is 1.52. The predicted molar refractivity (Wildman–Crippen MR) is 74.8 cm³/mol. The van der Waals surface area contributed by atoms with Gasteiger partial charge in [-0.2, -0.15) is 0 Å². The number of nitrogens with one attached hydrogen (secondary N) is 1. The highest BCUT2D eigenvalue weighted by molar-refractivity contribution is 6.05. The maximum absolute atomic E-state index is 11.7. The standard InChI is InChI=1S/C15H19N3O2/c19-14-10-13(15(20)16-14)18-8-6-17(7-9-18)11-12-4-2-1-3-5-12/h1-5,13H,6-11H2,(H,16,19,20)/t13-/m1/s1. The molecule has 0 radical (unpaired) electrons. The Hall–Kier alpha value is -1.72. The highest BCUT2D eigenvalue weighted by Gasteiger charge is 2.36. The number of benzene rings is 1. The number of amides is 2. The SMILES string of the molecule is O=C1C[C@@H](N2CCN(Cc3ccccc3)CC2)C(=O)N1. The molecule has 106 valence electrons. The van der Waals surface area contributed by atoms with Crippen LogP contribution in [0.5, 0.6) is 0 Å². The third kappa shape index (κ3) is 2.89. The van der Waals surface area contributed by atoms with Gasteiger partial charge in [-0.25, -0.2) is 0 Å². The summed E-state index contributed by atoms with van der Waals surface area (Å²) in [5.74, 6) is -0.279. The number of nitrogens with zero attached hydrogens (tertiary/aromatic N) is 2. The van der Waals surface area contributed by atoms with Crippen LogP contribution in [0.15, 0.2) is 30.3 Å². The molecule has 1 N–H and O–H groups in total. The van der Waals surface area contributed by atoms with Crippen LogP contribution in [0.2, 0.25) is 0 Å². The van der Waals surface area contributed by atoms with Crippen molar-refractivity contribution < 1.29 is 9.59 Å². The molecule has 2 fully saturated rings. The van der Waals surface area contributed by atoms with Gasteiger partial charge >= 0.3 is 0 Å². The van der Waals surface area contributed by atoms with E-state index in [1.807, 2.05) is 6.07 Å². The fraction of sp³-hybridized carbons (Fsp3) is 0.467. The lowest BCUT2D eigenvalue weighted by atomic mass is 10.1. The molecule has 0 spiro atoms. The molecule has 1 aromatic carbocycles. The number of carbonyl (C=O) groups excluding carboxylic acids is 2. The van der Waals surface area contributed by atoms with Crippen molar-refractivity contribution in [3.05, 3.63) is 35.9 Å². The zero-order chi connectivity index (χ0) is 13.9. The topological polar surface area (TPSA) is 52.7 Å². The van der Waals surface area contributed by atoms with E-state index in [0.29, 0.717) is 6.42 Å². The fourth-order valence-corrected chi connectivity index (χ4v) is 2.91. The van der Waals surface area contributed by atoms with Gasteiger partial charge in [-0.3, -0.25) is 24.7 Å². The van der Waals surface area contributed by atoms with Gasteiger partial charge in [-0.05, 0) is 5.56 Å². The molecule has 5 nitrogen and oxygen atoms in total. The summed E-state index contributed by atoms with van der Waals surface area (Å²) in [5, 5.41) is 2.38. The van der Waals surface area contributed by atoms with Crippen LogP contribution in [-0.4, -0.2) is 53.8 Å². The Bertz CT molecular complexity index is 495. The summed E-state index contributed by atoms with van der Waals surface area (Å²) in [7, 11) is 0. The lowest BCUT2D eigenvalue weighted by Gasteiger charge is -2.36. The van der Waals surface area contributed by atoms with Crippen LogP contribution in [0, 0.1) is 0 Å². The number of rotatable bonds is 3. The van der Waals surface area contributed by atoms with Crippen LogP contribution in [0.4, 0.5) is 0 Å². The molecule has 0 saturated carbocycles. The molecule has 20 heavy (non-hydrogen) atoms. The molecule has 0 aromatic heterocycles. The van der Waals surface area contributed by atoms with E-state index in [-0.39, 0.29) is 17.9 Å². The van der Waals surface area contributed by atoms with Crippen LogP contribution in [0.3, 0.4) is 0 Å². The van der Waals surface area contributed by atoms with E-state index >= 15 is 0 Å². The second-order valence-electron chi connectivity index (χ2n) is 5.43. The molecule has 0 aliphatic carbocycles.